The van der Waals surface area contributed by atoms with Gasteiger partial charge in [-0.25, -0.2) is 8.42 Å². The molecule has 15 heavy (non-hydrogen) atoms. The van der Waals surface area contributed by atoms with Gasteiger partial charge in [-0.2, -0.15) is 4.72 Å². The van der Waals surface area contributed by atoms with E-state index in [9.17, 15) is 13.2 Å². The van der Waals surface area contributed by atoms with E-state index < -0.39 is 22.0 Å². The maximum Gasteiger partial charge on any atom is 0.324 e. The van der Waals surface area contributed by atoms with Crippen LogP contribution in [0.15, 0.2) is 12.0 Å². The number of carbonyl (C=O) groups excluding carboxylic acids is 1. The summed E-state index contributed by atoms with van der Waals surface area (Å²) in [7, 11) is -2.39. The van der Waals surface area contributed by atoms with Crippen molar-refractivity contribution in [1.82, 2.24) is 4.72 Å². The highest BCUT2D eigenvalue weighted by Gasteiger charge is 2.28. The normalized spacial score (nSPS) is 15.4. The van der Waals surface area contributed by atoms with Crippen LogP contribution in [-0.4, -0.2) is 27.5 Å². The highest BCUT2D eigenvalue weighted by molar-refractivity contribution is 7.92. The van der Waals surface area contributed by atoms with Crippen LogP contribution < -0.4 is 4.72 Å². The second kappa shape index (κ2) is 5.87. The Morgan fingerprint density at radius 3 is 2.47 bits per heavy atom. The van der Waals surface area contributed by atoms with Crippen molar-refractivity contribution in [2.24, 2.45) is 5.92 Å². The first-order chi connectivity index (χ1) is 6.87. The van der Waals surface area contributed by atoms with Crippen LogP contribution in [0.3, 0.4) is 0 Å². The van der Waals surface area contributed by atoms with Crippen LogP contribution in [-0.2, 0) is 19.6 Å². The molecule has 6 heteroatoms. The lowest BCUT2D eigenvalue weighted by Gasteiger charge is -2.20. The van der Waals surface area contributed by atoms with Gasteiger partial charge < -0.3 is 4.74 Å². The topological polar surface area (TPSA) is 72.5 Å². The van der Waals surface area contributed by atoms with Crippen molar-refractivity contribution < 1.29 is 17.9 Å². The number of methoxy groups -OCH3 is 1. The summed E-state index contributed by atoms with van der Waals surface area (Å²) < 4.78 is 29.2. The van der Waals surface area contributed by atoms with Crippen molar-refractivity contribution in [3.8, 4) is 0 Å². The molecular weight excluding hydrogens is 218 g/mol. The molecule has 0 rings (SSSR count). The number of nitrogens with one attached hydrogen (secondary N) is 1. The first-order valence-corrected chi connectivity index (χ1v) is 6.15. The van der Waals surface area contributed by atoms with Crippen LogP contribution in [0.1, 0.15) is 20.3 Å². The average molecular weight is 235 g/mol. The van der Waals surface area contributed by atoms with Gasteiger partial charge >= 0.3 is 5.97 Å². The third kappa shape index (κ3) is 4.44. The number of carbonyl (C=O) groups is 1. The molecule has 0 aliphatic heterocycles. The third-order valence-electron chi connectivity index (χ3n) is 2.18. The lowest BCUT2D eigenvalue weighted by molar-refractivity contribution is -0.143. The first-order valence-electron chi connectivity index (χ1n) is 4.60. The van der Waals surface area contributed by atoms with Crippen LogP contribution in [0.25, 0.3) is 0 Å². The molecule has 88 valence electrons. The Morgan fingerprint density at radius 2 is 2.13 bits per heavy atom. The Labute approximate surface area is 90.6 Å². The van der Waals surface area contributed by atoms with Gasteiger partial charge in [0.2, 0.25) is 10.0 Å². The summed E-state index contributed by atoms with van der Waals surface area (Å²) in [5, 5.41) is 0.769. The van der Waals surface area contributed by atoms with Gasteiger partial charge in [-0.15, -0.1) is 0 Å². The van der Waals surface area contributed by atoms with Gasteiger partial charge in [-0.3, -0.25) is 4.79 Å². The fourth-order valence-electron chi connectivity index (χ4n) is 0.984. The molecule has 0 aromatic rings. The second-order valence-electron chi connectivity index (χ2n) is 3.22. The molecule has 1 N–H and O–H groups in total. The third-order valence-corrected chi connectivity index (χ3v) is 3.20. The van der Waals surface area contributed by atoms with Crippen LogP contribution in [0.4, 0.5) is 0 Å². The smallest absolute Gasteiger partial charge is 0.324 e. The number of rotatable bonds is 6. The van der Waals surface area contributed by atoms with Crippen molar-refractivity contribution in [2.45, 2.75) is 26.3 Å². The lowest BCUT2D eigenvalue weighted by Crippen LogP contribution is -2.44. The molecule has 0 radical (unpaired) electrons. The zero-order valence-corrected chi connectivity index (χ0v) is 10.0. The molecule has 0 aromatic heterocycles. The summed E-state index contributed by atoms with van der Waals surface area (Å²) in [5.74, 6) is -0.720. The molecule has 0 fully saturated rings. The SMILES string of the molecule is C=CS(=O)(=O)N[C@H](C(=O)OC)[C@@H](C)CC. The quantitative estimate of drug-likeness (QED) is 0.686. The number of hydrogen-bond donors (Lipinski definition) is 1. The number of hydrogen-bond acceptors (Lipinski definition) is 4. The summed E-state index contributed by atoms with van der Waals surface area (Å²) in [4.78, 5) is 11.3. The number of esters is 1. The van der Waals surface area contributed by atoms with Crippen LogP contribution >= 0.6 is 0 Å². The minimum Gasteiger partial charge on any atom is -0.468 e. The number of sulfonamides is 1. The summed E-state index contributed by atoms with van der Waals surface area (Å²) in [5.41, 5.74) is 0. The second-order valence-corrected chi connectivity index (χ2v) is 4.87. The molecule has 2 atom stereocenters. The van der Waals surface area contributed by atoms with Gasteiger partial charge in [0.1, 0.15) is 6.04 Å². The Balaban J connectivity index is 4.81. The molecule has 0 spiro atoms. The Morgan fingerprint density at radius 1 is 1.60 bits per heavy atom. The van der Waals surface area contributed by atoms with Crippen LogP contribution in [0, 0.1) is 5.92 Å². The highest BCUT2D eigenvalue weighted by atomic mass is 32.2. The Kier molecular flexibility index (Phi) is 5.53. The molecule has 0 unspecified atom stereocenters. The van der Waals surface area contributed by atoms with E-state index in [1.807, 2.05) is 6.92 Å². The predicted octanol–water partition coefficient (Wildman–Crippen LogP) is 0.637. The van der Waals surface area contributed by atoms with Crippen molar-refractivity contribution in [1.29, 1.82) is 0 Å². The summed E-state index contributed by atoms with van der Waals surface area (Å²) in [6.07, 6.45) is 0.666. The zero-order chi connectivity index (χ0) is 12.1. The molecule has 0 heterocycles. The van der Waals surface area contributed by atoms with Crippen LogP contribution in [0.2, 0.25) is 0 Å². The van der Waals surface area contributed by atoms with Gasteiger partial charge in [0.25, 0.3) is 0 Å². The van der Waals surface area contributed by atoms with Crippen LogP contribution in [0.5, 0.6) is 0 Å². The lowest BCUT2D eigenvalue weighted by atomic mass is 10.0. The monoisotopic (exact) mass is 235 g/mol. The van der Waals surface area contributed by atoms with E-state index in [0.29, 0.717) is 6.42 Å². The summed E-state index contributed by atoms with van der Waals surface area (Å²) in [6, 6.07) is -0.858. The zero-order valence-electron chi connectivity index (χ0n) is 9.19. The largest absolute Gasteiger partial charge is 0.468 e. The molecule has 0 saturated heterocycles. The van der Waals surface area contributed by atoms with Crippen molar-refractivity contribution in [3.05, 3.63) is 12.0 Å². The van der Waals surface area contributed by atoms with Gasteiger partial charge in [0.15, 0.2) is 0 Å². The minimum atomic E-state index is -3.62. The van der Waals surface area contributed by atoms with Gasteiger partial charge in [-0.05, 0) is 5.92 Å². The fraction of sp³-hybridized carbons (Fsp3) is 0.667. The van der Waals surface area contributed by atoms with E-state index in [1.54, 1.807) is 6.92 Å². The van der Waals surface area contributed by atoms with E-state index >= 15 is 0 Å². The molecule has 0 aromatic carbocycles. The standard InChI is InChI=1S/C9H17NO4S/c1-5-7(3)8(9(11)14-4)10-15(12,13)6-2/h6-8,10H,2,5H2,1,3-4H3/t7-,8-/m0/s1. The minimum absolute atomic E-state index is 0.132. The van der Waals surface area contributed by atoms with E-state index in [1.165, 1.54) is 7.11 Å². The summed E-state index contributed by atoms with van der Waals surface area (Å²) in [6.45, 7) is 6.79. The molecule has 0 bridgehead atoms. The molecule has 0 aliphatic rings. The summed E-state index contributed by atoms with van der Waals surface area (Å²) >= 11 is 0. The molecule has 0 saturated carbocycles. The van der Waals surface area contributed by atoms with E-state index in [-0.39, 0.29) is 5.92 Å². The van der Waals surface area contributed by atoms with Crippen molar-refractivity contribution in [2.75, 3.05) is 7.11 Å². The van der Waals surface area contributed by atoms with Crippen molar-refractivity contribution in [3.63, 3.8) is 0 Å². The number of ether oxygens (including phenoxy) is 1. The van der Waals surface area contributed by atoms with Gasteiger partial charge in [-0.1, -0.05) is 26.8 Å². The van der Waals surface area contributed by atoms with Crippen molar-refractivity contribution >= 4 is 16.0 Å². The molecule has 0 aliphatic carbocycles. The van der Waals surface area contributed by atoms with Gasteiger partial charge in [0, 0.05) is 5.41 Å². The maximum atomic E-state index is 11.3. The fourth-order valence-corrected chi connectivity index (χ4v) is 1.76. The van der Waals surface area contributed by atoms with Gasteiger partial charge in [0.05, 0.1) is 7.11 Å². The Hall–Kier alpha value is -0.880. The molecular formula is C9H17NO4S. The van der Waals surface area contributed by atoms with E-state index in [0.717, 1.165) is 5.41 Å². The Bertz CT molecular complexity index is 323. The van der Waals surface area contributed by atoms with E-state index in [4.69, 9.17) is 0 Å². The highest BCUT2D eigenvalue weighted by Crippen LogP contribution is 2.10. The van der Waals surface area contributed by atoms with E-state index in [2.05, 4.69) is 16.0 Å². The predicted molar refractivity (Wildman–Crippen MR) is 57.5 cm³/mol. The first kappa shape index (κ1) is 14.1. The average Bonchev–Trinajstić information content (AvgIpc) is 2.23. The molecule has 5 nitrogen and oxygen atoms in total. The molecule has 0 amide bonds. The maximum absolute atomic E-state index is 11.3.